The first-order valence-corrected chi connectivity index (χ1v) is 9.94. The minimum Gasteiger partial charge on any atom is -0.464 e. The van der Waals surface area contributed by atoms with Gasteiger partial charge in [0.1, 0.15) is 6.61 Å². The third-order valence-electron chi connectivity index (χ3n) is 7.08. The summed E-state index contributed by atoms with van der Waals surface area (Å²) < 4.78 is 4.96. The molecule has 1 aromatic rings. The first-order chi connectivity index (χ1) is 11.7. The second-order valence-electron chi connectivity index (χ2n) is 8.43. The fraction of sp³-hybridized carbons (Fsp3) is 0.682. The molecule has 3 aliphatic rings. The third kappa shape index (κ3) is 3.25. The van der Waals surface area contributed by atoms with Crippen molar-refractivity contribution in [3.63, 3.8) is 0 Å². The number of carbonyl (C=O) groups excluding carboxylic acids is 1. The van der Waals surface area contributed by atoms with E-state index in [9.17, 15) is 4.79 Å². The van der Waals surface area contributed by atoms with E-state index in [4.69, 9.17) is 4.74 Å². The number of aryl methyl sites for hydroxylation is 1. The molecule has 0 bridgehead atoms. The van der Waals surface area contributed by atoms with Crippen LogP contribution in [-0.2, 0) is 9.53 Å². The summed E-state index contributed by atoms with van der Waals surface area (Å²) in [6.07, 6.45) is 10.7. The van der Waals surface area contributed by atoms with Gasteiger partial charge in [0.25, 0.3) is 0 Å². The fourth-order valence-corrected chi connectivity index (χ4v) is 5.36. The fourth-order valence-electron chi connectivity index (χ4n) is 5.36. The molecule has 2 heteroatoms. The van der Waals surface area contributed by atoms with E-state index in [1.165, 1.54) is 56.9 Å². The van der Waals surface area contributed by atoms with E-state index in [0.717, 1.165) is 17.8 Å². The van der Waals surface area contributed by atoms with Gasteiger partial charge in [0.2, 0.25) is 0 Å². The number of benzene rings is 1. The van der Waals surface area contributed by atoms with Crippen LogP contribution < -0.4 is 0 Å². The van der Waals surface area contributed by atoms with Crippen LogP contribution >= 0.6 is 0 Å². The molecular formula is C22H30O2. The highest BCUT2D eigenvalue weighted by atomic mass is 16.6. The Morgan fingerprint density at radius 1 is 0.792 bits per heavy atom. The maximum atomic E-state index is 11.5. The number of ether oxygens (including phenoxy) is 1. The maximum Gasteiger partial charge on any atom is 0.312 e. The van der Waals surface area contributed by atoms with Crippen LogP contribution in [0.1, 0.15) is 68.4 Å². The highest BCUT2D eigenvalue weighted by Crippen LogP contribution is 2.45. The minimum atomic E-state index is 0.0667. The summed E-state index contributed by atoms with van der Waals surface area (Å²) >= 11 is 0. The normalized spacial score (nSPS) is 36.7. The lowest BCUT2D eigenvalue weighted by molar-refractivity contribution is -0.174. The standard InChI is InChI=1S/C22H30O2/c1-15-2-4-16(5-3-15)17-6-8-18(9-7-17)19-10-12-20(13-11-19)21-14-24-22(21)23/h2-5,17-21H,6-14H2,1H3. The topological polar surface area (TPSA) is 26.3 Å². The van der Waals surface area contributed by atoms with Crippen LogP contribution in [-0.4, -0.2) is 12.6 Å². The van der Waals surface area contributed by atoms with E-state index < -0.39 is 0 Å². The lowest BCUT2D eigenvalue weighted by atomic mass is 9.66. The van der Waals surface area contributed by atoms with Crippen LogP contribution in [0.15, 0.2) is 24.3 Å². The average Bonchev–Trinajstić information content (AvgIpc) is 2.62. The van der Waals surface area contributed by atoms with Crippen molar-refractivity contribution in [1.82, 2.24) is 0 Å². The second kappa shape index (κ2) is 6.90. The smallest absolute Gasteiger partial charge is 0.312 e. The van der Waals surface area contributed by atoms with Crippen LogP contribution in [0.5, 0.6) is 0 Å². The van der Waals surface area contributed by atoms with Gasteiger partial charge in [0.05, 0.1) is 5.92 Å². The molecule has 1 saturated heterocycles. The molecule has 0 radical (unpaired) electrons. The molecule has 2 nitrogen and oxygen atoms in total. The van der Waals surface area contributed by atoms with Crippen LogP contribution in [0.4, 0.5) is 0 Å². The Morgan fingerprint density at radius 2 is 1.33 bits per heavy atom. The summed E-state index contributed by atoms with van der Waals surface area (Å²) in [5, 5.41) is 0. The zero-order valence-corrected chi connectivity index (χ0v) is 14.9. The van der Waals surface area contributed by atoms with Crippen LogP contribution in [0.25, 0.3) is 0 Å². The molecule has 1 heterocycles. The first kappa shape index (κ1) is 16.2. The van der Waals surface area contributed by atoms with Crippen molar-refractivity contribution in [3.05, 3.63) is 35.4 Å². The van der Waals surface area contributed by atoms with Gasteiger partial charge in [-0.1, -0.05) is 29.8 Å². The van der Waals surface area contributed by atoms with E-state index >= 15 is 0 Å². The largest absolute Gasteiger partial charge is 0.464 e. The minimum absolute atomic E-state index is 0.0667. The van der Waals surface area contributed by atoms with Gasteiger partial charge in [-0.3, -0.25) is 4.79 Å². The van der Waals surface area contributed by atoms with Crippen molar-refractivity contribution in [2.24, 2.45) is 23.7 Å². The van der Waals surface area contributed by atoms with Gasteiger partial charge in [0, 0.05) is 0 Å². The predicted octanol–water partition coefficient (Wildman–Crippen LogP) is 5.25. The van der Waals surface area contributed by atoms with Crippen molar-refractivity contribution in [3.8, 4) is 0 Å². The van der Waals surface area contributed by atoms with Gasteiger partial charge in [0.15, 0.2) is 0 Å². The van der Waals surface area contributed by atoms with Crippen LogP contribution in [0.2, 0.25) is 0 Å². The number of carbonyl (C=O) groups is 1. The molecule has 0 amide bonds. The zero-order valence-electron chi connectivity index (χ0n) is 14.9. The second-order valence-corrected chi connectivity index (χ2v) is 8.43. The average molecular weight is 326 g/mol. The quantitative estimate of drug-likeness (QED) is 0.709. The molecule has 1 aromatic carbocycles. The Bertz CT molecular complexity index is 560. The van der Waals surface area contributed by atoms with E-state index in [2.05, 4.69) is 31.2 Å². The maximum absolute atomic E-state index is 11.5. The number of rotatable bonds is 3. The molecule has 1 unspecified atom stereocenters. The molecule has 2 aliphatic carbocycles. The molecule has 0 spiro atoms. The summed E-state index contributed by atoms with van der Waals surface area (Å²) in [5.41, 5.74) is 2.91. The molecule has 3 fully saturated rings. The van der Waals surface area contributed by atoms with Gasteiger partial charge in [-0.25, -0.2) is 0 Å². The Balaban J connectivity index is 1.26. The summed E-state index contributed by atoms with van der Waals surface area (Å²) in [7, 11) is 0. The number of hydrogen-bond donors (Lipinski definition) is 0. The van der Waals surface area contributed by atoms with Crippen LogP contribution in [0, 0.1) is 30.6 Å². The SMILES string of the molecule is Cc1ccc(C2CCC(C3CCC(C4COC4=O)CC3)CC2)cc1. The molecule has 24 heavy (non-hydrogen) atoms. The van der Waals surface area contributed by atoms with Crippen molar-refractivity contribution < 1.29 is 9.53 Å². The number of cyclic esters (lactones) is 1. The van der Waals surface area contributed by atoms with Gasteiger partial charge in [-0.2, -0.15) is 0 Å². The summed E-state index contributed by atoms with van der Waals surface area (Å²) in [4.78, 5) is 11.5. The van der Waals surface area contributed by atoms with Gasteiger partial charge >= 0.3 is 5.97 Å². The Morgan fingerprint density at radius 3 is 1.83 bits per heavy atom. The Labute approximate surface area is 146 Å². The van der Waals surface area contributed by atoms with Crippen LogP contribution in [0.3, 0.4) is 0 Å². The van der Waals surface area contributed by atoms with E-state index in [1.807, 2.05) is 0 Å². The molecular weight excluding hydrogens is 296 g/mol. The lowest BCUT2D eigenvalue weighted by Gasteiger charge is -2.41. The van der Waals surface area contributed by atoms with Gasteiger partial charge < -0.3 is 4.74 Å². The highest BCUT2D eigenvalue weighted by molar-refractivity contribution is 5.77. The first-order valence-electron chi connectivity index (χ1n) is 9.94. The number of hydrogen-bond acceptors (Lipinski definition) is 2. The molecule has 130 valence electrons. The van der Waals surface area contributed by atoms with Crippen molar-refractivity contribution >= 4 is 5.97 Å². The van der Waals surface area contributed by atoms with Gasteiger partial charge in [-0.05, 0) is 87.5 Å². The summed E-state index contributed by atoms with van der Waals surface area (Å²) in [6.45, 7) is 2.86. The monoisotopic (exact) mass is 326 g/mol. The van der Waals surface area contributed by atoms with Crippen molar-refractivity contribution in [2.75, 3.05) is 6.61 Å². The highest BCUT2D eigenvalue weighted by Gasteiger charge is 2.40. The Hall–Kier alpha value is -1.31. The van der Waals surface area contributed by atoms with Crippen molar-refractivity contribution in [1.29, 1.82) is 0 Å². The Kier molecular flexibility index (Phi) is 4.65. The molecule has 4 rings (SSSR count). The zero-order chi connectivity index (χ0) is 16.5. The third-order valence-corrected chi connectivity index (χ3v) is 7.08. The molecule has 1 aliphatic heterocycles. The summed E-state index contributed by atoms with van der Waals surface area (Å²) in [5.74, 6) is 3.55. The predicted molar refractivity (Wildman–Crippen MR) is 95.8 cm³/mol. The summed E-state index contributed by atoms with van der Waals surface area (Å²) in [6, 6.07) is 9.19. The van der Waals surface area contributed by atoms with E-state index in [0.29, 0.717) is 12.5 Å². The lowest BCUT2D eigenvalue weighted by Crippen LogP contribution is -2.42. The molecule has 2 saturated carbocycles. The van der Waals surface area contributed by atoms with E-state index in [1.54, 1.807) is 5.56 Å². The molecule has 0 N–H and O–H groups in total. The van der Waals surface area contributed by atoms with Gasteiger partial charge in [-0.15, -0.1) is 0 Å². The number of esters is 1. The molecule has 1 atom stereocenters. The van der Waals surface area contributed by atoms with Crippen molar-refractivity contribution in [2.45, 2.75) is 64.2 Å². The van der Waals surface area contributed by atoms with E-state index in [-0.39, 0.29) is 11.9 Å². The molecule has 0 aromatic heterocycles.